The topological polar surface area (TPSA) is 62.0 Å². The van der Waals surface area contributed by atoms with Crippen LogP contribution in [0.2, 0.25) is 0 Å². The number of hydrogen-bond donors (Lipinski definition) is 2. The van der Waals surface area contributed by atoms with Gasteiger partial charge >= 0.3 is 0 Å². The van der Waals surface area contributed by atoms with E-state index in [1.807, 2.05) is 18.2 Å². The summed E-state index contributed by atoms with van der Waals surface area (Å²) in [6, 6.07) is 14.7. The molecule has 1 aliphatic heterocycles. The molecular formula is C23H35IN4O2. The van der Waals surface area contributed by atoms with E-state index in [2.05, 4.69) is 53.6 Å². The van der Waals surface area contributed by atoms with Crippen molar-refractivity contribution in [1.29, 1.82) is 0 Å². The second-order valence-electron chi connectivity index (χ2n) is 7.75. The minimum Gasteiger partial charge on any atom is -0.469 e. The number of nitrogens with one attached hydrogen (secondary N) is 2. The van der Waals surface area contributed by atoms with Crippen LogP contribution in [0.5, 0.6) is 0 Å². The maximum absolute atomic E-state index is 5.52. The Morgan fingerprint density at radius 2 is 1.83 bits per heavy atom. The second-order valence-corrected chi connectivity index (χ2v) is 7.75. The fraction of sp³-hybridized carbons (Fsp3) is 0.522. The minimum atomic E-state index is 0. The largest absolute Gasteiger partial charge is 0.469 e. The third-order valence-electron chi connectivity index (χ3n) is 5.27. The van der Waals surface area contributed by atoms with E-state index >= 15 is 0 Å². The lowest BCUT2D eigenvalue weighted by molar-refractivity contribution is 0.00752. The van der Waals surface area contributed by atoms with E-state index in [9.17, 15) is 0 Å². The lowest BCUT2D eigenvalue weighted by atomic mass is 10.0. The van der Waals surface area contributed by atoms with Gasteiger partial charge in [-0.1, -0.05) is 44.2 Å². The molecule has 0 radical (unpaired) electrons. The van der Waals surface area contributed by atoms with Crippen molar-refractivity contribution in [2.75, 3.05) is 39.4 Å². The molecule has 166 valence electrons. The molecule has 1 atom stereocenters. The van der Waals surface area contributed by atoms with Gasteiger partial charge in [0.2, 0.25) is 0 Å². The van der Waals surface area contributed by atoms with Gasteiger partial charge in [-0.3, -0.25) is 4.90 Å². The molecule has 1 aromatic heterocycles. The molecule has 30 heavy (non-hydrogen) atoms. The molecule has 3 rings (SSSR count). The highest BCUT2D eigenvalue weighted by Gasteiger charge is 2.23. The van der Waals surface area contributed by atoms with Crippen LogP contribution in [0.4, 0.5) is 0 Å². The summed E-state index contributed by atoms with van der Waals surface area (Å²) in [5, 5.41) is 7.04. The van der Waals surface area contributed by atoms with E-state index in [1.165, 1.54) is 5.56 Å². The van der Waals surface area contributed by atoms with Crippen LogP contribution in [0, 0.1) is 5.92 Å². The number of guanidine groups is 1. The van der Waals surface area contributed by atoms with Gasteiger partial charge in [0.25, 0.3) is 0 Å². The Balaban J connectivity index is 0.00000320. The number of halogens is 1. The maximum atomic E-state index is 5.52. The van der Waals surface area contributed by atoms with Crippen molar-refractivity contribution >= 4 is 29.9 Å². The van der Waals surface area contributed by atoms with Gasteiger partial charge in [-0.2, -0.15) is 0 Å². The van der Waals surface area contributed by atoms with Crippen LogP contribution in [-0.4, -0.2) is 56.3 Å². The highest BCUT2D eigenvalue weighted by Crippen LogP contribution is 2.12. The minimum absolute atomic E-state index is 0. The lowest BCUT2D eigenvalue weighted by Crippen LogP contribution is -2.52. The molecule has 1 fully saturated rings. The number of benzene rings is 1. The smallest absolute Gasteiger partial charge is 0.191 e. The Bertz CT molecular complexity index is 716. The normalized spacial score (nSPS) is 16.2. The van der Waals surface area contributed by atoms with Gasteiger partial charge in [0, 0.05) is 38.6 Å². The van der Waals surface area contributed by atoms with Gasteiger partial charge in [-0.15, -0.1) is 24.0 Å². The van der Waals surface area contributed by atoms with Crippen molar-refractivity contribution in [3.05, 3.63) is 60.1 Å². The molecule has 1 aromatic carbocycles. The van der Waals surface area contributed by atoms with E-state index < -0.39 is 0 Å². The second kappa shape index (κ2) is 13.7. The van der Waals surface area contributed by atoms with Gasteiger partial charge in [0.1, 0.15) is 5.76 Å². The fourth-order valence-electron chi connectivity index (χ4n) is 3.58. The molecule has 2 heterocycles. The highest BCUT2D eigenvalue weighted by molar-refractivity contribution is 14.0. The van der Waals surface area contributed by atoms with Gasteiger partial charge in [-0.25, -0.2) is 4.99 Å². The predicted octanol–water partition coefficient (Wildman–Crippen LogP) is 3.53. The summed E-state index contributed by atoms with van der Waals surface area (Å²) in [6.45, 7) is 10.5. The van der Waals surface area contributed by atoms with Crippen LogP contribution in [-0.2, 0) is 17.7 Å². The molecule has 1 unspecified atom stereocenters. The van der Waals surface area contributed by atoms with Crippen molar-refractivity contribution < 1.29 is 9.15 Å². The summed E-state index contributed by atoms with van der Waals surface area (Å²) in [5.74, 6) is 2.38. The highest BCUT2D eigenvalue weighted by atomic mass is 127. The first kappa shape index (κ1) is 24.7. The Morgan fingerprint density at radius 3 is 2.50 bits per heavy atom. The maximum Gasteiger partial charge on any atom is 0.191 e. The van der Waals surface area contributed by atoms with Gasteiger partial charge in [0.15, 0.2) is 5.96 Å². The first-order valence-corrected chi connectivity index (χ1v) is 10.6. The monoisotopic (exact) mass is 526 g/mol. The summed E-state index contributed by atoms with van der Waals surface area (Å²) in [7, 11) is 0. The zero-order valence-corrected chi connectivity index (χ0v) is 20.4. The van der Waals surface area contributed by atoms with Crippen LogP contribution < -0.4 is 10.6 Å². The summed E-state index contributed by atoms with van der Waals surface area (Å²) in [6.07, 6.45) is 2.55. The number of rotatable bonds is 9. The predicted molar refractivity (Wildman–Crippen MR) is 132 cm³/mol. The van der Waals surface area contributed by atoms with Crippen LogP contribution >= 0.6 is 24.0 Å². The van der Waals surface area contributed by atoms with Crippen molar-refractivity contribution in [2.24, 2.45) is 10.9 Å². The summed E-state index contributed by atoms with van der Waals surface area (Å²) >= 11 is 0. The van der Waals surface area contributed by atoms with Crippen LogP contribution in [0.15, 0.2) is 58.1 Å². The number of furan rings is 1. The number of nitrogens with zero attached hydrogens (tertiary/aromatic N) is 2. The first-order chi connectivity index (χ1) is 14.2. The Morgan fingerprint density at radius 1 is 1.07 bits per heavy atom. The number of morpholine rings is 1. The molecule has 2 aromatic rings. The van der Waals surface area contributed by atoms with E-state index in [0.29, 0.717) is 18.5 Å². The standard InChI is InChI=1S/C23H34N4O2.HI/c1-19(2)22(27-12-15-28-16-13-27)18-26-23(24-11-10-21-9-6-14-29-21)25-17-20-7-4-3-5-8-20;/h3-9,14,19,22H,10-13,15-18H2,1-2H3,(H2,24,25,26);1H. The van der Waals surface area contributed by atoms with Crippen LogP contribution in [0.3, 0.4) is 0 Å². The van der Waals surface area contributed by atoms with Gasteiger partial charge in [0.05, 0.1) is 26.0 Å². The van der Waals surface area contributed by atoms with Gasteiger partial charge < -0.3 is 19.8 Å². The zero-order valence-electron chi connectivity index (χ0n) is 18.0. The van der Waals surface area contributed by atoms with Gasteiger partial charge in [-0.05, 0) is 23.6 Å². The molecular weight excluding hydrogens is 491 g/mol. The molecule has 0 spiro atoms. The van der Waals surface area contributed by atoms with E-state index in [4.69, 9.17) is 14.1 Å². The molecule has 0 amide bonds. The van der Waals surface area contributed by atoms with Crippen LogP contribution in [0.25, 0.3) is 0 Å². The Kier molecular flexibility index (Phi) is 11.2. The molecule has 0 saturated carbocycles. The van der Waals surface area contributed by atoms with Crippen molar-refractivity contribution in [3.63, 3.8) is 0 Å². The van der Waals surface area contributed by atoms with Crippen LogP contribution in [0.1, 0.15) is 25.2 Å². The summed E-state index contributed by atoms with van der Waals surface area (Å²) in [4.78, 5) is 7.34. The number of ether oxygens (including phenoxy) is 1. The lowest BCUT2D eigenvalue weighted by Gasteiger charge is -2.37. The average molecular weight is 526 g/mol. The Hall–Kier alpha value is -1.58. The molecule has 7 heteroatoms. The Labute approximate surface area is 197 Å². The first-order valence-electron chi connectivity index (χ1n) is 10.6. The SMILES string of the molecule is CC(C)C(CNC(=NCc1ccccc1)NCCc1ccco1)N1CCOCC1.I. The summed E-state index contributed by atoms with van der Waals surface area (Å²) < 4.78 is 11.0. The van der Waals surface area contributed by atoms with Crippen molar-refractivity contribution in [1.82, 2.24) is 15.5 Å². The average Bonchev–Trinajstić information content (AvgIpc) is 3.26. The van der Waals surface area contributed by atoms with E-state index in [1.54, 1.807) is 6.26 Å². The third kappa shape index (κ3) is 8.28. The third-order valence-corrected chi connectivity index (χ3v) is 5.27. The molecule has 1 aliphatic rings. The molecule has 0 bridgehead atoms. The fourth-order valence-corrected chi connectivity index (χ4v) is 3.58. The summed E-state index contributed by atoms with van der Waals surface area (Å²) in [5.41, 5.74) is 1.20. The molecule has 0 aliphatic carbocycles. The van der Waals surface area contributed by atoms with E-state index in [-0.39, 0.29) is 24.0 Å². The molecule has 2 N–H and O–H groups in total. The van der Waals surface area contributed by atoms with E-state index in [0.717, 1.165) is 57.5 Å². The van der Waals surface area contributed by atoms with Crippen molar-refractivity contribution in [3.8, 4) is 0 Å². The number of aliphatic imine (C=N–C) groups is 1. The zero-order chi connectivity index (χ0) is 20.3. The quantitative estimate of drug-likeness (QED) is 0.298. The molecule has 6 nitrogen and oxygen atoms in total. The molecule has 1 saturated heterocycles. The number of hydrogen-bond acceptors (Lipinski definition) is 4. The van der Waals surface area contributed by atoms with Crippen molar-refractivity contribution in [2.45, 2.75) is 32.9 Å².